The number of carbonyl (C=O) groups is 1. The number of urea groups is 1. The van der Waals surface area contributed by atoms with Gasteiger partial charge in [-0.05, 0) is 12.1 Å². The first-order chi connectivity index (χ1) is 9.33. The van der Waals surface area contributed by atoms with Crippen LogP contribution in [0.25, 0.3) is 0 Å². The zero-order valence-corrected chi connectivity index (χ0v) is 11.4. The van der Waals surface area contributed by atoms with Gasteiger partial charge in [0.1, 0.15) is 17.3 Å². The van der Waals surface area contributed by atoms with Crippen LogP contribution in [-0.2, 0) is 0 Å². The van der Waals surface area contributed by atoms with Crippen LogP contribution in [0.4, 0.5) is 19.3 Å². The second-order valence-corrected chi connectivity index (χ2v) is 5.01. The Balaban J connectivity index is 2.76. The summed E-state index contributed by atoms with van der Waals surface area (Å²) in [5.41, 5.74) is -1.42. The maximum Gasteiger partial charge on any atom is 0.321 e. The van der Waals surface area contributed by atoms with Gasteiger partial charge in [0.15, 0.2) is 0 Å². The minimum atomic E-state index is -0.889. The Morgan fingerprint density at radius 2 is 1.80 bits per heavy atom. The van der Waals surface area contributed by atoms with E-state index in [4.69, 9.17) is 10.2 Å². The molecule has 1 rings (SSSR count). The van der Waals surface area contributed by atoms with Gasteiger partial charge >= 0.3 is 6.03 Å². The predicted octanol–water partition coefficient (Wildman–Crippen LogP) is 1.42. The van der Waals surface area contributed by atoms with Crippen LogP contribution < -0.4 is 5.32 Å². The van der Waals surface area contributed by atoms with Crippen molar-refractivity contribution in [1.29, 1.82) is 0 Å². The monoisotopic (exact) mass is 288 g/mol. The molecule has 0 bridgehead atoms. The molecule has 0 atom stereocenters. The fraction of sp³-hybridized carbons (Fsp3) is 0.462. The number of carbonyl (C=O) groups excluding carboxylic acids is 1. The molecule has 0 aliphatic heterocycles. The van der Waals surface area contributed by atoms with Gasteiger partial charge in [0, 0.05) is 19.0 Å². The Hall–Kier alpha value is -1.73. The number of anilines is 1. The molecule has 0 spiro atoms. The highest BCUT2D eigenvalue weighted by molar-refractivity contribution is 5.89. The highest BCUT2D eigenvalue weighted by Crippen LogP contribution is 2.20. The number of hydrogen-bond donors (Lipinski definition) is 3. The van der Waals surface area contributed by atoms with Crippen molar-refractivity contribution in [3.8, 4) is 0 Å². The van der Waals surface area contributed by atoms with Crippen molar-refractivity contribution in [1.82, 2.24) is 4.90 Å². The lowest BCUT2D eigenvalue weighted by Crippen LogP contribution is -2.43. The molecule has 0 aliphatic carbocycles. The maximum atomic E-state index is 13.4. The number of para-hydroxylation sites is 1. The summed E-state index contributed by atoms with van der Waals surface area (Å²) in [6.45, 7) is 0.965. The smallest absolute Gasteiger partial charge is 0.321 e. The molecule has 0 heterocycles. The number of rotatable bonds is 5. The fourth-order valence-electron chi connectivity index (χ4n) is 1.61. The molecule has 0 saturated carbocycles. The number of aliphatic hydroxyl groups excluding tert-OH is 2. The lowest BCUT2D eigenvalue weighted by Gasteiger charge is -2.30. The average Bonchev–Trinajstić information content (AvgIpc) is 2.42. The van der Waals surface area contributed by atoms with E-state index in [0.29, 0.717) is 0 Å². The topological polar surface area (TPSA) is 72.8 Å². The summed E-state index contributed by atoms with van der Waals surface area (Å²) in [6, 6.07) is 2.52. The van der Waals surface area contributed by atoms with Crippen LogP contribution in [0.15, 0.2) is 18.2 Å². The van der Waals surface area contributed by atoms with Crippen LogP contribution in [0.2, 0.25) is 0 Å². The van der Waals surface area contributed by atoms with Gasteiger partial charge in [0.05, 0.1) is 13.2 Å². The third-order valence-electron chi connectivity index (χ3n) is 2.92. The molecule has 20 heavy (non-hydrogen) atoms. The van der Waals surface area contributed by atoms with Crippen molar-refractivity contribution in [2.45, 2.75) is 6.92 Å². The van der Waals surface area contributed by atoms with Crippen molar-refractivity contribution in [3.63, 3.8) is 0 Å². The van der Waals surface area contributed by atoms with E-state index < -0.39 is 28.8 Å². The summed E-state index contributed by atoms with van der Waals surface area (Å²) in [6.07, 6.45) is 0. The van der Waals surface area contributed by atoms with Gasteiger partial charge in [-0.1, -0.05) is 13.0 Å². The Bertz CT molecular complexity index is 458. The first-order valence-electron chi connectivity index (χ1n) is 6.01. The van der Waals surface area contributed by atoms with E-state index in [1.807, 2.05) is 0 Å². The molecule has 0 saturated heterocycles. The summed E-state index contributed by atoms with van der Waals surface area (Å²) in [5.74, 6) is -1.75. The van der Waals surface area contributed by atoms with E-state index in [2.05, 4.69) is 5.32 Å². The molecule has 0 radical (unpaired) electrons. The molecule has 2 amide bonds. The molecule has 0 fully saturated rings. The third kappa shape index (κ3) is 3.88. The second-order valence-electron chi connectivity index (χ2n) is 5.01. The van der Waals surface area contributed by atoms with Crippen LogP contribution >= 0.6 is 0 Å². The standard InChI is InChI=1S/C13H18F2N2O3/c1-13(7-18,8-19)6-17(2)12(20)16-11-9(14)4-3-5-10(11)15/h3-5,18-19H,6-8H2,1-2H3,(H,16,20). The molecule has 0 unspecified atom stereocenters. The van der Waals surface area contributed by atoms with Gasteiger partial charge < -0.3 is 20.4 Å². The average molecular weight is 288 g/mol. The number of benzene rings is 1. The molecular formula is C13H18F2N2O3. The van der Waals surface area contributed by atoms with Gasteiger partial charge in [-0.25, -0.2) is 13.6 Å². The molecule has 0 aliphatic rings. The first kappa shape index (κ1) is 16.3. The van der Waals surface area contributed by atoms with E-state index in [1.54, 1.807) is 6.92 Å². The Morgan fingerprint density at radius 1 is 1.30 bits per heavy atom. The first-order valence-corrected chi connectivity index (χ1v) is 6.01. The van der Waals surface area contributed by atoms with Gasteiger partial charge in [-0.3, -0.25) is 0 Å². The molecule has 5 nitrogen and oxygen atoms in total. The van der Waals surface area contributed by atoms with Gasteiger partial charge in [0.2, 0.25) is 0 Å². The predicted molar refractivity (Wildman–Crippen MR) is 70.3 cm³/mol. The van der Waals surface area contributed by atoms with E-state index >= 15 is 0 Å². The Morgan fingerprint density at radius 3 is 2.25 bits per heavy atom. The van der Waals surface area contributed by atoms with Gasteiger partial charge in [-0.2, -0.15) is 0 Å². The van der Waals surface area contributed by atoms with Crippen molar-refractivity contribution in [2.75, 3.05) is 32.1 Å². The van der Waals surface area contributed by atoms with Crippen LogP contribution in [0.5, 0.6) is 0 Å². The molecule has 3 N–H and O–H groups in total. The molecule has 112 valence electrons. The Labute approximate surface area is 115 Å². The van der Waals surface area contributed by atoms with Crippen LogP contribution in [0.1, 0.15) is 6.92 Å². The third-order valence-corrected chi connectivity index (χ3v) is 2.92. The Kier molecular flexibility index (Phi) is 5.41. The van der Waals surface area contributed by atoms with Crippen molar-refractivity contribution < 1.29 is 23.8 Å². The number of aliphatic hydroxyl groups is 2. The number of amides is 2. The zero-order valence-electron chi connectivity index (χ0n) is 11.4. The summed E-state index contributed by atoms with van der Waals surface area (Å²) >= 11 is 0. The summed E-state index contributed by atoms with van der Waals surface area (Å²) < 4.78 is 26.8. The van der Waals surface area contributed by atoms with E-state index in [9.17, 15) is 13.6 Å². The normalized spacial score (nSPS) is 11.3. The maximum absolute atomic E-state index is 13.4. The fourth-order valence-corrected chi connectivity index (χ4v) is 1.61. The van der Waals surface area contributed by atoms with Crippen LogP contribution in [-0.4, -0.2) is 48.0 Å². The summed E-state index contributed by atoms with van der Waals surface area (Å²) in [5, 5.41) is 20.4. The number of hydrogen-bond acceptors (Lipinski definition) is 3. The SMILES string of the molecule is CN(CC(C)(CO)CO)C(=O)Nc1c(F)cccc1F. The number of nitrogens with one attached hydrogen (secondary N) is 1. The molecular weight excluding hydrogens is 270 g/mol. The van der Waals surface area contributed by atoms with Gasteiger partial charge in [0.25, 0.3) is 0 Å². The highest BCUT2D eigenvalue weighted by atomic mass is 19.1. The van der Waals surface area contributed by atoms with Crippen LogP contribution in [0.3, 0.4) is 0 Å². The summed E-state index contributed by atoms with van der Waals surface area (Å²) in [4.78, 5) is 13.0. The minimum Gasteiger partial charge on any atom is -0.396 e. The van der Waals surface area contributed by atoms with Crippen molar-refractivity contribution in [2.24, 2.45) is 5.41 Å². The number of nitrogens with zero attached hydrogens (tertiary/aromatic N) is 1. The number of halogens is 2. The van der Waals surface area contributed by atoms with Crippen molar-refractivity contribution in [3.05, 3.63) is 29.8 Å². The zero-order chi connectivity index (χ0) is 15.3. The lowest BCUT2D eigenvalue weighted by atomic mass is 9.92. The van der Waals surface area contributed by atoms with E-state index in [-0.39, 0.29) is 19.8 Å². The van der Waals surface area contributed by atoms with Gasteiger partial charge in [-0.15, -0.1) is 0 Å². The molecule has 0 aromatic heterocycles. The quantitative estimate of drug-likeness (QED) is 0.767. The highest BCUT2D eigenvalue weighted by Gasteiger charge is 2.27. The van der Waals surface area contributed by atoms with Crippen molar-refractivity contribution >= 4 is 11.7 Å². The molecule has 1 aromatic rings. The van der Waals surface area contributed by atoms with E-state index in [1.165, 1.54) is 13.1 Å². The largest absolute Gasteiger partial charge is 0.396 e. The second kappa shape index (κ2) is 6.62. The molecule has 7 heteroatoms. The lowest BCUT2D eigenvalue weighted by molar-refractivity contribution is 0.0509. The molecule has 1 aromatic carbocycles. The minimum absolute atomic E-state index is 0.0297. The van der Waals surface area contributed by atoms with Crippen LogP contribution in [0, 0.1) is 17.0 Å². The van der Waals surface area contributed by atoms with E-state index in [0.717, 1.165) is 17.0 Å². The summed E-state index contributed by atoms with van der Waals surface area (Å²) in [7, 11) is 1.40.